The lowest BCUT2D eigenvalue weighted by Crippen LogP contribution is -2.04. The lowest BCUT2D eigenvalue weighted by molar-refractivity contribution is -0.385. The Morgan fingerprint density at radius 1 is 1.53 bits per heavy atom. The number of rotatable bonds is 5. The summed E-state index contributed by atoms with van der Waals surface area (Å²) in [4.78, 5) is 14.6. The van der Waals surface area contributed by atoms with Crippen molar-refractivity contribution < 1.29 is 14.1 Å². The summed E-state index contributed by atoms with van der Waals surface area (Å²) >= 11 is 0. The maximum atomic E-state index is 10.8. The summed E-state index contributed by atoms with van der Waals surface area (Å²) in [5.74, 6) is 0.578. The number of hydrogen-bond acceptors (Lipinski definition) is 6. The first kappa shape index (κ1) is 13.0. The fraction of sp³-hybridized carbons (Fsp3) is 0.250. The van der Waals surface area contributed by atoms with Crippen molar-refractivity contribution in [3.05, 3.63) is 40.3 Å². The largest absolute Gasteiger partial charge is 0.490 e. The van der Waals surface area contributed by atoms with Crippen molar-refractivity contribution in [1.82, 2.24) is 10.3 Å². The highest BCUT2D eigenvalue weighted by Gasteiger charge is 2.17. The van der Waals surface area contributed by atoms with E-state index in [0.29, 0.717) is 18.0 Å². The Kier molecular flexibility index (Phi) is 3.76. The zero-order valence-corrected chi connectivity index (χ0v) is 10.5. The fourth-order valence-electron chi connectivity index (χ4n) is 1.66. The summed E-state index contributed by atoms with van der Waals surface area (Å²) in [6.45, 7) is 0.591. The van der Waals surface area contributed by atoms with Gasteiger partial charge in [0.2, 0.25) is 5.89 Å². The molecule has 19 heavy (non-hydrogen) atoms. The van der Waals surface area contributed by atoms with Crippen molar-refractivity contribution in [1.29, 1.82) is 0 Å². The number of nitrogens with one attached hydrogen (secondary N) is 1. The van der Waals surface area contributed by atoms with Gasteiger partial charge in [0.15, 0.2) is 5.75 Å². The average molecular weight is 263 g/mol. The van der Waals surface area contributed by atoms with Gasteiger partial charge >= 0.3 is 5.69 Å². The van der Waals surface area contributed by atoms with E-state index in [1.807, 2.05) is 7.05 Å². The molecule has 100 valence electrons. The molecule has 0 amide bonds. The molecule has 1 aromatic carbocycles. The van der Waals surface area contributed by atoms with Crippen LogP contribution in [0.25, 0.3) is 11.5 Å². The predicted molar refractivity (Wildman–Crippen MR) is 67.9 cm³/mol. The van der Waals surface area contributed by atoms with E-state index in [2.05, 4.69) is 10.3 Å². The number of oxazole rings is 1. The molecule has 0 aliphatic heterocycles. The van der Waals surface area contributed by atoms with E-state index in [9.17, 15) is 10.1 Å². The Balaban J connectivity index is 2.36. The van der Waals surface area contributed by atoms with Gasteiger partial charge in [-0.3, -0.25) is 10.1 Å². The van der Waals surface area contributed by atoms with Gasteiger partial charge in [-0.2, -0.15) is 0 Å². The SMILES string of the molecule is CNCc1coc(-c2ccc([N+](=O)[O-])c(OC)c2)n1. The van der Waals surface area contributed by atoms with Gasteiger partial charge in [0, 0.05) is 18.2 Å². The van der Waals surface area contributed by atoms with Gasteiger partial charge in [-0.15, -0.1) is 0 Å². The average Bonchev–Trinajstić information content (AvgIpc) is 2.87. The number of nitro groups is 1. The van der Waals surface area contributed by atoms with Crippen LogP contribution >= 0.6 is 0 Å². The molecular formula is C12H13N3O4. The Morgan fingerprint density at radius 3 is 2.95 bits per heavy atom. The number of hydrogen-bond donors (Lipinski definition) is 1. The topological polar surface area (TPSA) is 90.4 Å². The highest BCUT2D eigenvalue weighted by molar-refractivity contribution is 5.62. The van der Waals surface area contributed by atoms with Crippen LogP contribution in [0.3, 0.4) is 0 Å². The molecule has 0 fully saturated rings. The van der Waals surface area contributed by atoms with Gasteiger partial charge in [0.25, 0.3) is 0 Å². The zero-order valence-electron chi connectivity index (χ0n) is 10.5. The highest BCUT2D eigenvalue weighted by Crippen LogP contribution is 2.31. The number of methoxy groups -OCH3 is 1. The Morgan fingerprint density at radius 2 is 2.32 bits per heavy atom. The molecule has 0 aliphatic carbocycles. The quantitative estimate of drug-likeness (QED) is 0.655. The maximum Gasteiger partial charge on any atom is 0.310 e. The van der Waals surface area contributed by atoms with E-state index in [1.54, 1.807) is 12.3 Å². The summed E-state index contributed by atoms with van der Waals surface area (Å²) in [7, 11) is 3.19. The molecule has 0 atom stereocenters. The second-order valence-electron chi connectivity index (χ2n) is 3.82. The molecule has 1 heterocycles. The third-order valence-electron chi connectivity index (χ3n) is 2.53. The summed E-state index contributed by atoms with van der Waals surface area (Å²) in [6.07, 6.45) is 1.54. The van der Waals surface area contributed by atoms with Crippen molar-refractivity contribution in [3.63, 3.8) is 0 Å². The van der Waals surface area contributed by atoms with Crippen molar-refractivity contribution in [3.8, 4) is 17.2 Å². The van der Waals surface area contributed by atoms with E-state index >= 15 is 0 Å². The Labute approximate surface area is 109 Å². The molecule has 7 heteroatoms. The number of aromatic nitrogens is 1. The molecule has 0 spiro atoms. The molecule has 1 N–H and O–H groups in total. The monoisotopic (exact) mass is 263 g/mol. The van der Waals surface area contributed by atoms with Crippen LogP contribution in [0.1, 0.15) is 5.69 Å². The molecule has 0 bridgehead atoms. The van der Waals surface area contributed by atoms with E-state index in [4.69, 9.17) is 9.15 Å². The van der Waals surface area contributed by atoms with Crippen molar-refractivity contribution in [2.75, 3.05) is 14.2 Å². The molecule has 1 aromatic heterocycles. The lowest BCUT2D eigenvalue weighted by atomic mass is 10.2. The second kappa shape index (κ2) is 5.49. The smallest absolute Gasteiger partial charge is 0.310 e. The van der Waals surface area contributed by atoms with Crippen molar-refractivity contribution in [2.45, 2.75) is 6.54 Å². The first-order chi connectivity index (χ1) is 9.15. The van der Waals surface area contributed by atoms with Crippen LogP contribution in [0.5, 0.6) is 5.75 Å². The molecule has 7 nitrogen and oxygen atoms in total. The molecule has 2 aromatic rings. The molecule has 0 aliphatic rings. The minimum Gasteiger partial charge on any atom is -0.490 e. The summed E-state index contributed by atoms with van der Waals surface area (Å²) in [6, 6.07) is 4.48. The van der Waals surface area contributed by atoms with Gasteiger partial charge in [-0.1, -0.05) is 0 Å². The number of ether oxygens (including phenoxy) is 1. The molecule has 0 saturated heterocycles. The van der Waals surface area contributed by atoms with Gasteiger partial charge < -0.3 is 14.5 Å². The van der Waals surface area contributed by atoms with Crippen LogP contribution in [0.4, 0.5) is 5.69 Å². The Hall–Kier alpha value is -2.41. The lowest BCUT2D eigenvalue weighted by Gasteiger charge is -2.02. The maximum absolute atomic E-state index is 10.8. The summed E-state index contributed by atoms with van der Waals surface area (Å²) in [5.41, 5.74) is 1.30. The molecule has 0 unspecified atom stereocenters. The van der Waals surface area contributed by atoms with Gasteiger partial charge in [0.1, 0.15) is 6.26 Å². The van der Waals surface area contributed by atoms with E-state index in [1.165, 1.54) is 19.2 Å². The molecular weight excluding hydrogens is 250 g/mol. The van der Waals surface area contributed by atoms with Gasteiger partial charge in [-0.25, -0.2) is 4.98 Å². The normalized spacial score (nSPS) is 10.4. The fourth-order valence-corrected chi connectivity index (χ4v) is 1.66. The third kappa shape index (κ3) is 2.71. The van der Waals surface area contributed by atoms with E-state index < -0.39 is 4.92 Å². The van der Waals surface area contributed by atoms with Gasteiger partial charge in [-0.05, 0) is 19.2 Å². The van der Waals surface area contributed by atoms with Crippen LogP contribution in [0.15, 0.2) is 28.9 Å². The molecule has 0 radical (unpaired) electrons. The minimum absolute atomic E-state index is 0.0896. The molecule has 2 rings (SSSR count). The van der Waals surface area contributed by atoms with Crippen LogP contribution < -0.4 is 10.1 Å². The van der Waals surface area contributed by atoms with Crippen molar-refractivity contribution in [2.24, 2.45) is 0 Å². The first-order valence-corrected chi connectivity index (χ1v) is 5.57. The summed E-state index contributed by atoms with van der Waals surface area (Å²) < 4.78 is 10.3. The standard InChI is InChI=1S/C12H13N3O4/c1-13-6-9-7-19-12(14-9)8-3-4-10(15(16)17)11(5-8)18-2/h3-5,7,13H,6H2,1-2H3. The molecule has 0 saturated carbocycles. The van der Waals surface area contributed by atoms with Crippen LogP contribution in [-0.4, -0.2) is 24.1 Å². The van der Waals surface area contributed by atoms with Crippen molar-refractivity contribution >= 4 is 5.69 Å². The van der Waals surface area contributed by atoms with Crippen LogP contribution in [0.2, 0.25) is 0 Å². The van der Waals surface area contributed by atoms with Crippen LogP contribution in [-0.2, 0) is 6.54 Å². The first-order valence-electron chi connectivity index (χ1n) is 5.57. The summed E-state index contributed by atoms with van der Waals surface area (Å²) in [5, 5.41) is 13.8. The predicted octanol–water partition coefficient (Wildman–Crippen LogP) is 1.98. The van der Waals surface area contributed by atoms with E-state index in [-0.39, 0.29) is 11.4 Å². The second-order valence-corrected chi connectivity index (χ2v) is 3.82. The third-order valence-corrected chi connectivity index (χ3v) is 2.53. The zero-order chi connectivity index (χ0) is 13.8. The van der Waals surface area contributed by atoms with E-state index in [0.717, 1.165) is 5.69 Å². The highest BCUT2D eigenvalue weighted by atomic mass is 16.6. The number of nitrogens with zero attached hydrogens (tertiary/aromatic N) is 2. The Bertz CT molecular complexity index is 594. The number of benzene rings is 1. The number of nitro benzene ring substituents is 1. The van der Waals surface area contributed by atoms with Gasteiger partial charge in [0.05, 0.1) is 17.7 Å². The minimum atomic E-state index is -0.495. The van der Waals surface area contributed by atoms with Crippen LogP contribution in [0, 0.1) is 10.1 Å².